The van der Waals surface area contributed by atoms with Crippen LogP contribution in [0.15, 0.2) is 53.4 Å². The van der Waals surface area contributed by atoms with E-state index in [1.807, 2.05) is 31.2 Å². The lowest BCUT2D eigenvalue weighted by Gasteiger charge is -2.36. The second-order valence-electron chi connectivity index (χ2n) is 7.10. The molecule has 0 saturated carbocycles. The summed E-state index contributed by atoms with van der Waals surface area (Å²) in [7, 11) is -2.08. The van der Waals surface area contributed by atoms with E-state index in [2.05, 4.69) is 10.2 Å². The van der Waals surface area contributed by atoms with Crippen molar-refractivity contribution in [2.75, 3.05) is 43.5 Å². The molecule has 4 N–H and O–H groups in total. The molecule has 1 heterocycles. The molecule has 2 aromatic carbocycles. The van der Waals surface area contributed by atoms with Gasteiger partial charge in [0.15, 0.2) is 6.04 Å². The minimum atomic E-state index is -3.75. The molecule has 0 radical (unpaired) electrons. The maximum Gasteiger partial charge on any atom is 0.282 e. The molecule has 2 aromatic rings. The van der Waals surface area contributed by atoms with Gasteiger partial charge in [0.1, 0.15) is 5.75 Å². The van der Waals surface area contributed by atoms with Crippen LogP contribution < -0.4 is 25.0 Å². The fraction of sp³-hybridized carbons (Fsp3) is 0.350. The van der Waals surface area contributed by atoms with Crippen LogP contribution in [-0.4, -0.2) is 53.7 Å². The summed E-state index contributed by atoms with van der Waals surface area (Å²) in [5, 5.41) is 7.94. The van der Waals surface area contributed by atoms with E-state index in [0.29, 0.717) is 5.69 Å². The van der Waals surface area contributed by atoms with Gasteiger partial charge in [-0.25, -0.2) is 13.6 Å². The number of para-hydroxylation sites is 2. The highest BCUT2D eigenvalue weighted by molar-refractivity contribution is 7.89. The molecule has 0 spiro atoms. The van der Waals surface area contributed by atoms with Gasteiger partial charge in [-0.2, -0.15) is 0 Å². The minimum Gasteiger partial charge on any atom is -0.495 e. The van der Waals surface area contributed by atoms with Crippen LogP contribution in [0.1, 0.15) is 6.92 Å². The monoisotopic (exact) mass is 419 g/mol. The van der Waals surface area contributed by atoms with Crippen LogP contribution in [-0.2, 0) is 14.8 Å². The molecule has 1 atom stereocenters. The number of amides is 1. The molecule has 3 rings (SSSR count). The molecule has 0 bridgehead atoms. The number of carbonyl (C=O) groups excluding carboxylic acids is 1. The van der Waals surface area contributed by atoms with Gasteiger partial charge in [0, 0.05) is 5.69 Å². The minimum absolute atomic E-state index is 0.0154. The van der Waals surface area contributed by atoms with Crippen LogP contribution in [0.25, 0.3) is 0 Å². The van der Waals surface area contributed by atoms with Crippen LogP contribution in [0.2, 0.25) is 0 Å². The predicted molar refractivity (Wildman–Crippen MR) is 112 cm³/mol. The summed E-state index contributed by atoms with van der Waals surface area (Å²) in [4.78, 5) is 16.1. The van der Waals surface area contributed by atoms with Gasteiger partial charge in [0.2, 0.25) is 10.0 Å². The van der Waals surface area contributed by atoms with E-state index in [1.165, 1.54) is 17.0 Å². The van der Waals surface area contributed by atoms with Crippen LogP contribution in [0.5, 0.6) is 5.75 Å². The molecule has 156 valence electrons. The number of anilines is 2. The number of hydrogen-bond acceptors (Lipinski definition) is 5. The molecule has 1 aliphatic heterocycles. The highest BCUT2D eigenvalue weighted by Gasteiger charge is 2.30. The normalized spacial score (nSPS) is 16.3. The number of nitrogens with one attached hydrogen (secondary N) is 2. The van der Waals surface area contributed by atoms with Crippen molar-refractivity contribution in [1.29, 1.82) is 0 Å². The highest BCUT2D eigenvalue weighted by atomic mass is 32.2. The maximum atomic E-state index is 12.6. The van der Waals surface area contributed by atoms with E-state index >= 15 is 0 Å². The average molecular weight is 420 g/mol. The zero-order valence-corrected chi connectivity index (χ0v) is 17.4. The Morgan fingerprint density at radius 2 is 1.76 bits per heavy atom. The summed E-state index contributed by atoms with van der Waals surface area (Å²) in [5.74, 6) is 0.749. The topological polar surface area (TPSA) is 106 Å². The molecular formula is C20H27N4O4S+. The third kappa shape index (κ3) is 5.06. The molecule has 0 aromatic heterocycles. The summed E-state index contributed by atoms with van der Waals surface area (Å²) in [6.45, 7) is 5.23. The summed E-state index contributed by atoms with van der Waals surface area (Å²) in [5.41, 5.74) is 1.61. The molecule has 1 fully saturated rings. The number of quaternary nitrogens is 1. The Balaban J connectivity index is 1.57. The molecule has 0 aliphatic carbocycles. The number of hydrogen-bond donors (Lipinski definition) is 3. The van der Waals surface area contributed by atoms with E-state index < -0.39 is 10.0 Å². The zero-order valence-electron chi connectivity index (χ0n) is 16.6. The third-order valence-corrected chi connectivity index (χ3v) is 6.22. The second-order valence-corrected chi connectivity index (χ2v) is 8.66. The van der Waals surface area contributed by atoms with Gasteiger partial charge in [-0.1, -0.05) is 12.1 Å². The van der Waals surface area contributed by atoms with Crippen LogP contribution in [0.3, 0.4) is 0 Å². The number of methoxy groups -OCH3 is 1. The van der Waals surface area contributed by atoms with Crippen LogP contribution in [0.4, 0.5) is 11.4 Å². The third-order valence-electron chi connectivity index (χ3n) is 5.29. The Morgan fingerprint density at radius 3 is 2.34 bits per heavy atom. The number of primary sulfonamides is 1. The fourth-order valence-electron chi connectivity index (χ4n) is 3.52. The number of ether oxygens (including phenoxy) is 1. The van der Waals surface area contributed by atoms with Gasteiger partial charge in [-0.15, -0.1) is 0 Å². The first-order valence-electron chi connectivity index (χ1n) is 9.46. The Labute approximate surface area is 171 Å². The number of piperazine rings is 1. The zero-order chi connectivity index (χ0) is 21.0. The summed E-state index contributed by atoms with van der Waals surface area (Å²) in [6.07, 6.45) is 0. The number of benzene rings is 2. The molecular weight excluding hydrogens is 392 g/mol. The summed E-state index contributed by atoms with van der Waals surface area (Å²) < 4.78 is 28.1. The fourth-order valence-corrected chi connectivity index (χ4v) is 4.04. The van der Waals surface area contributed by atoms with Crippen molar-refractivity contribution in [3.63, 3.8) is 0 Å². The van der Waals surface area contributed by atoms with Crippen LogP contribution in [0, 0.1) is 0 Å². The average Bonchev–Trinajstić information content (AvgIpc) is 2.73. The SMILES string of the molecule is COc1ccccc1N1CC[NH+]([C@@H](C)C(=O)Nc2ccc(S(N)(=O)=O)cc2)CC1. The Morgan fingerprint density at radius 1 is 1.14 bits per heavy atom. The first-order valence-corrected chi connectivity index (χ1v) is 11.0. The van der Waals surface area contributed by atoms with Gasteiger partial charge >= 0.3 is 0 Å². The van der Waals surface area contributed by atoms with Crippen molar-refractivity contribution >= 4 is 27.3 Å². The number of sulfonamides is 1. The quantitative estimate of drug-likeness (QED) is 0.615. The molecule has 8 nitrogen and oxygen atoms in total. The van der Waals surface area contributed by atoms with E-state index in [0.717, 1.165) is 37.6 Å². The first-order chi connectivity index (χ1) is 13.8. The van der Waals surface area contributed by atoms with Gasteiger partial charge in [-0.05, 0) is 43.3 Å². The summed E-state index contributed by atoms with van der Waals surface area (Å²) in [6, 6.07) is 13.6. The number of nitrogens with two attached hydrogens (primary N) is 1. The van der Waals surface area contributed by atoms with Gasteiger partial charge in [-0.3, -0.25) is 4.79 Å². The molecule has 0 unspecified atom stereocenters. The lowest BCUT2D eigenvalue weighted by molar-refractivity contribution is -0.914. The van der Waals surface area contributed by atoms with E-state index in [4.69, 9.17) is 9.88 Å². The van der Waals surface area contributed by atoms with Crippen molar-refractivity contribution in [3.8, 4) is 5.75 Å². The van der Waals surface area contributed by atoms with Crippen molar-refractivity contribution < 1.29 is 22.8 Å². The van der Waals surface area contributed by atoms with Crippen molar-refractivity contribution in [1.82, 2.24) is 0 Å². The van der Waals surface area contributed by atoms with Gasteiger partial charge < -0.3 is 19.9 Å². The van der Waals surface area contributed by atoms with Crippen molar-refractivity contribution in [2.24, 2.45) is 5.14 Å². The van der Waals surface area contributed by atoms with Gasteiger partial charge in [0.25, 0.3) is 5.91 Å². The largest absolute Gasteiger partial charge is 0.495 e. The first kappa shape index (κ1) is 21.1. The standard InChI is InChI=1S/C20H26N4O4S/c1-15(20(25)22-16-7-9-17(10-8-16)29(21,26)27)23-11-13-24(14-12-23)18-5-3-4-6-19(18)28-2/h3-10,15H,11-14H2,1-2H3,(H,22,25)(H2,21,26,27)/p+1/t15-/m0/s1. The number of nitrogens with zero attached hydrogens (tertiary/aromatic N) is 1. The van der Waals surface area contributed by atoms with Crippen LogP contribution >= 0.6 is 0 Å². The van der Waals surface area contributed by atoms with Gasteiger partial charge in [0.05, 0.1) is 43.9 Å². The predicted octanol–water partition coefficient (Wildman–Crippen LogP) is 0.0747. The van der Waals surface area contributed by atoms with Crippen molar-refractivity contribution in [3.05, 3.63) is 48.5 Å². The molecule has 1 amide bonds. The van der Waals surface area contributed by atoms with E-state index in [-0.39, 0.29) is 16.8 Å². The second kappa shape index (κ2) is 8.81. The maximum absolute atomic E-state index is 12.6. The molecule has 9 heteroatoms. The lowest BCUT2D eigenvalue weighted by atomic mass is 10.2. The lowest BCUT2D eigenvalue weighted by Crippen LogP contribution is -3.19. The Bertz CT molecular complexity index is 955. The molecule has 29 heavy (non-hydrogen) atoms. The van der Waals surface area contributed by atoms with E-state index in [9.17, 15) is 13.2 Å². The van der Waals surface area contributed by atoms with Crippen molar-refractivity contribution in [2.45, 2.75) is 17.9 Å². The molecule has 1 saturated heterocycles. The Hall–Kier alpha value is -2.62. The smallest absolute Gasteiger partial charge is 0.282 e. The highest BCUT2D eigenvalue weighted by Crippen LogP contribution is 2.27. The van der Waals surface area contributed by atoms with E-state index in [1.54, 1.807) is 19.2 Å². The Kier molecular flexibility index (Phi) is 6.41. The number of carbonyl (C=O) groups is 1. The number of rotatable bonds is 6. The molecule has 1 aliphatic rings. The summed E-state index contributed by atoms with van der Waals surface area (Å²) >= 11 is 0.